The van der Waals surface area contributed by atoms with E-state index in [2.05, 4.69) is 33.8 Å². The molecule has 0 spiro atoms. The first-order chi connectivity index (χ1) is 29.1. The molecule has 7 aliphatic rings. The molecule has 7 rings (SSSR count). The Bertz CT molecular complexity index is 1590. The van der Waals surface area contributed by atoms with Gasteiger partial charge in [-0.2, -0.15) is 0 Å². The zero-order valence-corrected chi connectivity index (χ0v) is 38.8. The average Bonchev–Trinajstić information content (AvgIpc) is 4.00. The quantitative estimate of drug-likeness (QED) is 0.248. The number of hydrogen-bond donors (Lipinski definition) is 2. The lowest BCUT2D eigenvalue weighted by atomic mass is 9.89. The number of nitrogens with two attached hydrogens (primary N) is 1. The minimum Gasteiger partial charge on any atom is -0.363 e. The van der Waals surface area contributed by atoms with E-state index in [0.717, 1.165) is 71.2 Å². The molecule has 62 heavy (non-hydrogen) atoms. The number of fused-ring (bicyclic) bond motifs is 2. The molecule has 7 fully saturated rings. The van der Waals surface area contributed by atoms with Crippen LogP contribution < -0.4 is 11.1 Å². The minimum absolute atomic E-state index is 0.00536. The molecule has 19 nitrogen and oxygen atoms in total. The summed E-state index contributed by atoms with van der Waals surface area (Å²) in [6.07, 6.45) is 2.16. The van der Waals surface area contributed by atoms with Gasteiger partial charge in [-0.15, -0.1) is 0 Å². The van der Waals surface area contributed by atoms with E-state index in [4.69, 9.17) is 50.2 Å². The largest absolute Gasteiger partial charge is 0.363 e. The number of ether oxygens (including phenoxy) is 8. The van der Waals surface area contributed by atoms with Crippen LogP contribution in [0.2, 0.25) is 0 Å². The number of amides is 3. The predicted molar refractivity (Wildman–Crippen MR) is 226 cm³/mol. The van der Waals surface area contributed by atoms with Crippen LogP contribution in [0.3, 0.4) is 0 Å². The summed E-state index contributed by atoms with van der Waals surface area (Å²) in [6.45, 7) is 24.8. The van der Waals surface area contributed by atoms with Gasteiger partial charge in [-0.25, -0.2) is 6.57 Å². The Balaban J connectivity index is 0.000000218. The molecule has 9 atom stereocenters. The summed E-state index contributed by atoms with van der Waals surface area (Å²) in [4.78, 5) is 49.7. The summed E-state index contributed by atoms with van der Waals surface area (Å²) in [6, 6.07) is 0. The van der Waals surface area contributed by atoms with Crippen molar-refractivity contribution in [2.24, 2.45) is 5.73 Å². The van der Waals surface area contributed by atoms with Crippen molar-refractivity contribution in [2.75, 3.05) is 93.8 Å². The second-order valence-electron chi connectivity index (χ2n) is 19.9. The Kier molecular flexibility index (Phi) is 15.7. The van der Waals surface area contributed by atoms with Crippen LogP contribution in [0, 0.1) is 6.57 Å². The van der Waals surface area contributed by atoms with Crippen molar-refractivity contribution in [3.63, 3.8) is 0 Å². The molecule has 0 aromatic rings. The highest BCUT2D eigenvalue weighted by Gasteiger charge is 2.57. The first-order valence-corrected chi connectivity index (χ1v) is 22.4. The van der Waals surface area contributed by atoms with Crippen molar-refractivity contribution in [1.82, 2.24) is 29.8 Å². The zero-order valence-electron chi connectivity index (χ0n) is 38.8. The molecule has 7 aliphatic heterocycles. The highest BCUT2D eigenvalue weighted by Crippen LogP contribution is 2.41. The molecule has 0 aliphatic carbocycles. The molecule has 0 unspecified atom stereocenters. The summed E-state index contributed by atoms with van der Waals surface area (Å²) < 4.78 is 48.1. The first kappa shape index (κ1) is 48.9. The van der Waals surface area contributed by atoms with Crippen LogP contribution in [0.5, 0.6) is 0 Å². The summed E-state index contributed by atoms with van der Waals surface area (Å²) in [5, 5.41) is 3.47. The van der Waals surface area contributed by atoms with Gasteiger partial charge in [-0.05, 0) is 99.8 Å². The molecule has 3 N–H and O–H groups in total. The molecule has 352 valence electrons. The first-order valence-electron chi connectivity index (χ1n) is 22.4. The topological polar surface area (TPSA) is 184 Å². The maximum Gasteiger partial charge on any atom is 0.300 e. The Labute approximate surface area is 368 Å². The fraction of sp³-hybridized carbons (Fsp3) is 0.907. The molecule has 0 radical (unpaired) electrons. The molecule has 0 aromatic carbocycles. The van der Waals surface area contributed by atoms with Crippen molar-refractivity contribution in [3.05, 3.63) is 11.4 Å². The molecule has 19 heteroatoms. The van der Waals surface area contributed by atoms with Gasteiger partial charge in [-0.1, -0.05) is 0 Å². The maximum atomic E-state index is 12.7. The van der Waals surface area contributed by atoms with Gasteiger partial charge in [0.1, 0.15) is 49.8 Å². The van der Waals surface area contributed by atoms with Gasteiger partial charge in [0.25, 0.3) is 0 Å². The van der Waals surface area contributed by atoms with E-state index < -0.39 is 30.3 Å². The normalized spacial score (nSPS) is 34.5. The molecule has 0 aromatic heterocycles. The molecule has 3 amide bonds. The van der Waals surface area contributed by atoms with Crippen LogP contribution in [0.4, 0.5) is 0 Å². The summed E-state index contributed by atoms with van der Waals surface area (Å²) in [5.41, 5.74) is 5.99. The van der Waals surface area contributed by atoms with Gasteiger partial charge in [0, 0.05) is 65.3 Å². The molecular weight excluding hydrogens is 805 g/mol. The van der Waals surface area contributed by atoms with Gasteiger partial charge in [0.15, 0.2) is 24.2 Å². The van der Waals surface area contributed by atoms with Crippen LogP contribution in [-0.4, -0.2) is 214 Å². The molecule has 0 bridgehead atoms. The van der Waals surface area contributed by atoms with E-state index in [1.807, 2.05) is 27.7 Å². The van der Waals surface area contributed by atoms with Crippen LogP contribution in [0.15, 0.2) is 0 Å². The summed E-state index contributed by atoms with van der Waals surface area (Å²) >= 11 is 0. The van der Waals surface area contributed by atoms with Crippen molar-refractivity contribution in [2.45, 2.75) is 158 Å². The lowest BCUT2D eigenvalue weighted by molar-refractivity contribution is -0.220. The number of nitrogens with one attached hydrogen (secondary N) is 1. The Morgan fingerprint density at radius 1 is 0.726 bits per heavy atom. The number of likely N-dealkylation sites (N-methyl/N-ethyl adjacent to an activating group) is 2. The zero-order chi connectivity index (χ0) is 45.2. The predicted octanol–water partition coefficient (Wildman–Crippen LogP) is 0.797. The highest BCUT2D eigenvalue weighted by atomic mass is 16.9. The summed E-state index contributed by atoms with van der Waals surface area (Å²) in [5.74, 6) is -1.64. The lowest BCUT2D eigenvalue weighted by Gasteiger charge is -2.41. The summed E-state index contributed by atoms with van der Waals surface area (Å²) in [7, 11) is 6.84. The number of likely N-dealkylation sites (tertiary alicyclic amines) is 3. The van der Waals surface area contributed by atoms with Gasteiger partial charge in [-0.3, -0.25) is 24.1 Å². The maximum absolute atomic E-state index is 12.7. The number of carbonyl (C=O) groups is 3. The van der Waals surface area contributed by atoms with Crippen LogP contribution >= 0.6 is 0 Å². The Hall–Kier alpha value is -2.58. The Morgan fingerprint density at radius 2 is 1.18 bits per heavy atom. The lowest BCUT2D eigenvalue weighted by Crippen LogP contribution is -2.55. The number of carbonyl (C=O) groups excluding carboxylic acids is 3. The van der Waals surface area contributed by atoms with E-state index in [1.165, 1.54) is 9.80 Å². The molecule has 0 saturated carbocycles. The highest BCUT2D eigenvalue weighted by molar-refractivity contribution is 5.79. The molecule has 7 heterocycles. The third-order valence-corrected chi connectivity index (χ3v) is 13.2. The smallest absolute Gasteiger partial charge is 0.300 e. The van der Waals surface area contributed by atoms with Crippen LogP contribution in [0.1, 0.15) is 80.1 Å². The van der Waals surface area contributed by atoms with E-state index in [1.54, 1.807) is 33.1 Å². The van der Waals surface area contributed by atoms with E-state index in [0.29, 0.717) is 13.1 Å². The average molecular weight is 879 g/mol. The fourth-order valence-corrected chi connectivity index (χ4v) is 9.11. The van der Waals surface area contributed by atoms with Gasteiger partial charge >= 0.3 is 6.17 Å². The SMILES string of the molecule is CN(C)C(=O)CO[C@@H]1[C@H]2OC(C)(C)O[C@H]2O[C@@H]1CN1CCC(C)(N)CC1.[C-]#[N+][C@@H]1CCCN1C(=O)CNC1(C)CCN(C[C@H]2O[C@@H]3OC(C)(C)O[C@@H]3[C@H]2OCC(=O)N(C)C)CC1. The number of piperidine rings is 2. The van der Waals surface area contributed by atoms with E-state index in [9.17, 15) is 14.4 Å². The van der Waals surface area contributed by atoms with Crippen LogP contribution in [-0.2, 0) is 52.3 Å². The standard InChI is InChI=1S/C25H41N5O6.C18H33N3O5/c1-24(2)35-22-21(33-16-20(32)28(5)6)17(34-23(22)36-24)15-29-12-9-25(3,10-13-29)27-14-19(31)30-11-7-8-18(30)26-4;1-17(2)25-15-14(23-11-13(22)20(4)5)12(24-16(15)26-17)10-21-8-6-18(3,19)7-9-21/h17-18,21-23,27H,7-16H2,1-3,5-6H3;12,14-16H,6-11,19H2,1-5H3/t17-,18+,21+,22-,23-;12-,14+,15-,16-/m11/s1. The van der Waals surface area contributed by atoms with E-state index in [-0.39, 0.29) is 85.2 Å². The van der Waals surface area contributed by atoms with Gasteiger partial charge < -0.3 is 68.5 Å². The third-order valence-electron chi connectivity index (χ3n) is 13.2. The minimum atomic E-state index is -0.757. The second kappa shape index (κ2) is 19.9. The monoisotopic (exact) mass is 879 g/mol. The third kappa shape index (κ3) is 12.4. The number of hydrogen-bond acceptors (Lipinski definition) is 15. The van der Waals surface area contributed by atoms with Crippen molar-refractivity contribution >= 4 is 17.7 Å². The Morgan fingerprint density at radius 3 is 1.61 bits per heavy atom. The number of rotatable bonds is 13. The number of nitrogens with zero attached hydrogens (tertiary/aromatic N) is 6. The van der Waals surface area contributed by atoms with Crippen LogP contribution in [0.25, 0.3) is 4.85 Å². The van der Waals surface area contributed by atoms with Crippen molar-refractivity contribution in [1.29, 1.82) is 0 Å². The van der Waals surface area contributed by atoms with Crippen molar-refractivity contribution in [3.8, 4) is 0 Å². The fourth-order valence-electron chi connectivity index (χ4n) is 9.11. The molecule has 7 saturated heterocycles. The van der Waals surface area contributed by atoms with Gasteiger partial charge in [0.2, 0.25) is 17.7 Å². The van der Waals surface area contributed by atoms with Gasteiger partial charge in [0.05, 0.1) is 6.54 Å². The molecular formula is C43H74N8O11. The van der Waals surface area contributed by atoms with Crippen molar-refractivity contribution < 1.29 is 52.3 Å². The van der Waals surface area contributed by atoms with E-state index >= 15 is 0 Å². The second-order valence-corrected chi connectivity index (χ2v) is 19.9.